The number of pyridine rings is 1. The summed E-state index contributed by atoms with van der Waals surface area (Å²) in [6.45, 7) is 4.46. The molecule has 1 aliphatic heterocycles. The standard InChI is InChI=1S/C25H28ClN3O2/c1-31-18-7-8-22-21(15-18)23-24(19-5-2-3-6-20(19)25(26)27-23)29(22)12-4-11-28-13-9-17(16-30)10-14-28/h2-3,5-8,15,17,30H,4,9-14,16H2,1H3. The van der Waals surface area contributed by atoms with E-state index >= 15 is 0 Å². The van der Waals surface area contributed by atoms with E-state index in [9.17, 15) is 5.11 Å². The van der Waals surface area contributed by atoms with Crippen molar-refractivity contribution in [3.63, 3.8) is 0 Å². The summed E-state index contributed by atoms with van der Waals surface area (Å²) in [4.78, 5) is 7.32. The highest BCUT2D eigenvalue weighted by molar-refractivity contribution is 6.36. The van der Waals surface area contributed by atoms with Crippen LogP contribution in [-0.2, 0) is 6.54 Å². The van der Waals surface area contributed by atoms with Crippen molar-refractivity contribution in [1.29, 1.82) is 0 Å². The fraction of sp³-hybridized carbons (Fsp3) is 0.400. The molecule has 0 bridgehead atoms. The number of hydrogen-bond donors (Lipinski definition) is 1. The van der Waals surface area contributed by atoms with E-state index in [0.717, 1.165) is 83.9 Å². The van der Waals surface area contributed by atoms with Crippen LogP contribution in [0.3, 0.4) is 0 Å². The third kappa shape index (κ3) is 3.75. The summed E-state index contributed by atoms with van der Waals surface area (Å²) in [7, 11) is 1.69. The number of piperidine rings is 1. The van der Waals surface area contributed by atoms with Crippen LogP contribution in [-0.4, -0.2) is 52.9 Å². The lowest BCUT2D eigenvalue weighted by molar-refractivity contribution is 0.130. The van der Waals surface area contributed by atoms with Gasteiger partial charge in [-0.15, -0.1) is 0 Å². The summed E-state index contributed by atoms with van der Waals surface area (Å²) in [5.74, 6) is 1.30. The molecule has 2 aromatic carbocycles. The number of benzene rings is 2. The highest BCUT2D eigenvalue weighted by atomic mass is 35.5. The number of halogens is 1. The zero-order chi connectivity index (χ0) is 21.4. The summed E-state index contributed by atoms with van der Waals surface area (Å²) in [6, 6.07) is 14.5. The lowest BCUT2D eigenvalue weighted by Gasteiger charge is -2.31. The number of fused-ring (bicyclic) bond motifs is 5. The van der Waals surface area contributed by atoms with E-state index in [1.54, 1.807) is 7.11 Å². The number of likely N-dealkylation sites (tertiary alicyclic amines) is 1. The van der Waals surface area contributed by atoms with Crippen LogP contribution in [0.25, 0.3) is 32.7 Å². The van der Waals surface area contributed by atoms with E-state index in [2.05, 4.69) is 33.7 Å². The van der Waals surface area contributed by atoms with Crippen LogP contribution in [0.1, 0.15) is 19.3 Å². The van der Waals surface area contributed by atoms with Crippen LogP contribution < -0.4 is 4.74 Å². The van der Waals surface area contributed by atoms with Crippen molar-refractivity contribution in [2.75, 3.05) is 33.4 Å². The topological polar surface area (TPSA) is 50.5 Å². The summed E-state index contributed by atoms with van der Waals surface area (Å²) >= 11 is 6.57. The Balaban J connectivity index is 1.53. The molecule has 1 fully saturated rings. The fourth-order valence-electron chi connectivity index (χ4n) is 4.93. The molecule has 6 heteroatoms. The van der Waals surface area contributed by atoms with Gasteiger partial charge in [-0.2, -0.15) is 0 Å². The third-order valence-corrected chi connectivity index (χ3v) is 6.97. The average Bonchev–Trinajstić information content (AvgIpc) is 3.12. The predicted molar refractivity (Wildman–Crippen MR) is 127 cm³/mol. The van der Waals surface area contributed by atoms with Crippen molar-refractivity contribution in [3.8, 4) is 5.75 Å². The van der Waals surface area contributed by atoms with E-state index in [1.807, 2.05) is 18.2 Å². The molecule has 4 aromatic rings. The first-order valence-corrected chi connectivity index (χ1v) is 11.4. The molecular formula is C25H28ClN3O2. The van der Waals surface area contributed by atoms with E-state index in [-0.39, 0.29) is 0 Å². The largest absolute Gasteiger partial charge is 0.497 e. The molecule has 0 atom stereocenters. The molecule has 31 heavy (non-hydrogen) atoms. The molecular weight excluding hydrogens is 410 g/mol. The average molecular weight is 438 g/mol. The van der Waals surface area contributed by atoms with Crippen LogP contribution >= 0.6 is 11.6 Å². The number of rotatable bonds is 6. The molecule has 1 saturated heterocycles. The van der Waals surface area contributed by atoms with Gasteiger partial charge in [0.05, 0.1) is 23.7 Å². The van der Waals surface area contributed by atoms with Crippen molar-refractivity contribution < 1.29 is 9.84 Å². The second-order valence-electron chi connectivity index (χ2n) is 8.50. The number of aliphatic hydroxyl groups is 1. The highest BCUT2D eigenvalue weighted by Crippen LogP contribution is 2.37. The van der Waals surface area contributed by atoms with Gasteiger partial charge in [0.15, 0.2) is 0 Å². The predicted octanol–water partition coefficient (Wildman–Crippen LogP) is 5.10. The third-order valence-electron chi connectivity index (χ3n) is 6.68. The van der Waals surface area contributed by atoms with Crippen molar-refractivity contribution in [1.82, 2.24) is 14.5 Å². The Kier molecular flexibility index (Phi) is 5.74. The number of methoxy groups -OCH3 is 1. The van der Waals surface area contributed by atoms with E-state index in [4.69, 9.17) is 21.3 Å². The zero-order valence-corrected chi connectivity index (χ0v) is 18.6. The minimum absolute atomic E-state index is 0.321. The monoisotopic (exact) mass is 437 g/mol. The SMILES string of the molecule is COc1ccc2c(c1)c1nc(Cl)c3ccccc3c1n2CCCN1CCC(CO)CC1. The molecule has 2 aromatic heterocycles. The van der Waals surface area contributed by atoms with Crippen molar-refractivity contribution in [2.24, 2.45) is 5.92 Å². The van der Waals surface area contributed by atoms with Gasteiger partial charge in [-0.05, 0) is 63.0 Å². The molecule has 0 unspecified atom stereocenters. The van der Waals surface area contributed by atoms with Gasteiger partial charge in [0, 0.05) is 29.3 Å². The Morgan fingerprint density at radius 1 is 1.06 bits per heavy atom. The first-order chi connectivity index (χ1) is 15.2. The van der Waals surface area contributed by atoms with E-state index in [1.165, 1.54) is 0 Å². The highest BCUT2D eigenvalue weighted by Gasteiger charge is 2.20. The van der Waals surface area contributed by atoms with Crippen molar-refractivity contribution in [3.05, 3.63) is 47.6 Å². The molecule has 162 valence electrons. The second kappa shape index (κ2) is 8.65. The van der Waals surface area contributed by atoms with Crippen LogP contribution in [0.4, 0.5) is 0 Å². The van der Waals surface area contributed by atoms with Gasteiger partial charge in [0.25, 0.3) is 0 Å². The Bertz CT molecular complexity index is 1230. The summed E-state index contributed by atoms with van der Waals surface area (Å²) in [5.41, 5.74) is 3.23. The molecule has 0 radical (unpaired) electrons. The summed E-state index contributed by atoms with van der Waals surface area (Å²) < 4.78 is 7.88. The van der Waals surface area contributed by atoms with Gasteiger partial charge >= 0.3 is 0 Å². The van der Waals surface area contributed by atoms with Gasteiger partial charge in [-0.1, -0.05) is 35.9 Å². The molecule has 0 amide bonds. The minimum atomic E-state index is 0.321. The number of ether oxygens (including phenoxy) is 1. The van der Waals surface area contributed by atoms with E-state index < -0.39 is 0 Å². The molecule has 5 nitrogen and oxygen atoms in total. The first-order valence-electron chi connectivity index (χ1n) is 11.1. The van der Waals surface area contributed by atoms with Crippen LogP contribution in [0.5, 0.6) is 5.75 Å². The van der Waals surface area contributed by atoms with Gasteiger partial charge in [-0.25, -0.2) is 4.98 Å². The molecule has 1 aliphatic rings. The van der Waals surface area contributed by atoms with Crippen LogP contribution in [0.2, 0.25) is 5.15 Å². The second-order valence-corrected chi connectivity index (χ2v) is 8.86. The van der Waals surface area contributed by atoms with Crippen LogP contribution in [0, 0.1) is 5.92 Å². The maximum absolute atomic E-state index is 9.38. The number of aliphatic hydroxyl groups excluding tert-OH is 1. The Morgan fingerprint density at radius 2 is 1.84 bits per heavy atom. The molecule has 5 rings (SSSR count). The van der Waals surface area contributed by atoms with Crippen molar-refractivity contribution in [2.45, 2.75) is 25.8 Å². The molecule has 0 saturated carbocycles. The molecule has 0 spiro atoms. The number of aromatic nitrogens is 2. The number of hydrogen-bond acceptors (Lipinski definition) is 4. The number of aryl methyl sites for hydroxylation is 1. The Morgan fingerprint density at radius 3 is 2.58 bits per heavy atom. The molecule has 0 aliphatic carbocycles. The smallest absolute Gasteiger partial charge is 0.137 e. The number of nitrogens with zero attached hydrogens (tertiary/aromatic N) is 3. The quantitative estimate of drug-likeness (QED) is 0.426. The lowest BCUT2D eigenvalue weighted by atomic mass is 9.98. The maximum Gasteiger partial charge on any atom is 0.137 e. The lowest BCUT2D eigenvalue weighted by Crippen LogP contribution is -2.35. The fourth-order valence-corrected chi connectivity index (χ4v) is 5.18. The summed E-state index contributed by atoms with van der Waals surface area (Å²) in [6.07, 6.45) is 3.25. The first kappa shape index (κ1) is 20.6. The maximum atomic E-state index is 9.38. The van der Waals surface area contributed by atoms with E-state index in [0.29, 0.717) is 17.7 Å². The zero-order valence-electron chi connectivity index (χ0n) is 17.9. The van der Waals surface area contributed by atoms with Crippen molar-refractivity contribution >= 4 is 44.3 Å². The van der Waals surface area contributed by atoms with Gasteiger partial charge < -0.3 is 19.3 Å². The van der Waals surface area contributed by atoms with Gasteiger partial charge in [0.1, 0.15) is 10.9 Å². The molecule has 1 N–H and O–H groups in total. The Hall–Kier alpha value is -2.34. The van der Waals surface area contributed by atoms with Gasteiger partial charge in [-0.3, -0.25) is 0 Å². The summed E-state index contributed by atoms with van der Waals surface area (Å²) in [5, 5.41) is 13.1. The minimum Gasteiger partial charge on any atom is -0.497 e. The van der Waals surface area contributed by atoms with Crippen LogP contribution in [0.15, 0.2) is 42.5 Å². The normalized spacial score (nSPS) is 16.0. The van der Waals surface area contributed by atoms with Gasteiger partial charge in [0.2, 0.25) is 0 Å². The Labute approximate surface area is 187 Å². The molecule has 3 heterocycles.